The van der Waals surface area contributed by atoms with Gasteiger partial charge in [0, 0.05) is 6.04 Å². The van der Waals surface area contributed by atoms with Gasteiger partial charge in [0.25, 0.3) is 0 Å². The van der Waals surface area contributed by atoms with Gasteiger partial charge in [0.1, 0.15) is 0 Å². The van der Waals surface area contributed by atoms with Crippen molar-refractivity contribution in [3.63, 3.8) is 0 Å². The topological polar surface area (TPSA) is 26.0 Å². The summed E-state index contributed by atoms with van der Waals surface area (Å²) in [6.45, 7) is 1.95. The summed E-state index contributed by atoms with van der Waals surface area (Å²) in [5.74, 6) is -1.74. The van der Waals surface area contributed by atoms with Crippen molar-refractivity contribution in [2.24, 2.45) is 17.6 Å². The number of aryl methyl sites for hydroxylation is 1. The van der Waals surface area contributed by atoms with Gasteiger partial charge in [-0.2, -0.15) is 13.2 Å². The van der Waals surface area contributed by atoms with Gasteiger partial charge in [0.15, 0.2) is 0 Å². The fourth-order valence-corrected chi connectivity index (χ4v) is 3.03. The van der Waals surface area contributed by atoms with Crippen LogP contribution < -0.4 is 5.73 Å². The highest BCUT2D eigenvalue weighted by molar-refractivity contribution is 5.24. The van der Waals surface area contributed by atoms with Crippen LogP contribution in [0.25, 0.3) is 0 Å². The fourth-order valence-electron chi connectivity index (χ4n) is 3.03. The van der Waals surface area contributed by atoms with E-state index in [1.54, 1.807) is 0 Å². The molecule has 0 aliphatic heterocycles. The Morgan fingerprint density at radius 2 is 1.68 bits per heavy atom. The van der Waals surface area contributed by atoms with Crippen LogP contribution in [0.4, 0.5) is 13.2 Å². The van der Waals surface area contributed by atoms with Crippen LogP contribution in [-0.2, 0) is 0 Å². The first-order chi connectivity index (χ1) is 8.89. The Morgan fingerprint density at radius 1 is 1.11 bits per heavy atom. The van der Waals surface area contributed by atoms with Crippen molar-refractivity contribution in [1.29, 1.82) is 0 Å². The zero-order valence-electron chi connectivity index (χ0n) is 11.1. The zero-order valence-corrected chi connectivity index (χ0v) is 11.1. The average Bonchev–Trinajstić information content (AvgIpc) is 2.38. The van der Waals surface area contributed by atoms with Crippen molar-refractivity contribution in [3.05, 3.63) is 35.4 Å². The average molecular weight is 271 g/mol. The lowest BCUT2D eigenvalue weighted by atomic mass is 9.73. The van der Waals surface area contributed by atoms with Crippen LogP contribution in [0.2, 0.25) is 0 Å². The van der Waals surface area contributed by atoms with Crippen LogP contribution >= 0.6 is 0 Å². The highest BCUT2D eigenvalue weighted by Crippen LogP contribution is 2.45. The SMILES string of the molecule is Cc1ccc(C(N)C2CCCCC2C(F)(F)F)cc1. The first-order valence-electron chi connectivity index (χ1n) is 6.78. The van der Waals surface area contributed by atoms with E-state index in [1.807, 2.05) is 31.2 Å². The van der Waals surface area contributed by atoms with Crippen LogP contribution in [0.3, 0.4) is 0 Å². The van der Waals surface area contributed by atoms with Crippen LogP contribution in [0.5, 0.6) is 0 Å². The van der Waals surface area contributed by atoms with E-state index in [9.17, 15) is 13.2 Å². The highest BCUT2D eigenvalue weighted by Gasteiger charge is 2.47. The van der Waals surface area contributed by atoms with Crippen LogP contribution in [0.1, 0.15) is 42.9 Å². The molecule has 19 heavy (non-hydrogen) atoms. The van der Waals surface area contributed by atoms with E-state index >= 15 is 0 Å². The Morgan fingerprint density at radius 3 is 2.26 bits per heavy atom. The quantitative estimate of drug-likeness (QED) is 0.849. The fraction of sp³-hybridized carbons (Fsp3) is 0.600. The summed E-state index contributed by atoms with van der Waals surface area (Å²) in [6, 6.07) is 6.98. The predicted molar refractivity (Wildman–Crippen MR) is 69.6 cm³/mol. The minimum Gasteiger partial charge on any atom is -0.324 e. The van der Waals surface area contributed by atoms with Crippen LogP contribution in [0, 0.1) is 18.8 Å². The van der Waals surface area contributed by atoms with Gasteiger partial charge < -0.3 is 5.73 Å². The van der Waals surface area contributed by atoms with Crippen LogP contribution in [-0.4, -0.2) is 6.18 Å². The molecule has 1 aromatic carbocycles. The zero-order chi connectivity index (χ0) is 14.0. The molecule has 1 saturated carbocycles. The maximum Gasteiger partial charge on any atom is 0.392 e. The molecule has 0 saturated heterocycles. The van der Waals surface area contributed by atoms with Crippen molar-refractivity contribution in [3.8, 4) is 0 Å². The second-order valence-corrected chi connectivity index (χ2v) is 5.53. The molecule has 0 bridgehead atoms. The summed E-state index contributed by atoms with van der Waals surface area (Å²) >= 11 is 0. The van der Waals surface area contributed by atoms with Gasteiger partial charge in [0.2, 0.25) is 0 Å². The first-order valence-corrected chi connectivity index (χ1v) is 6.78. The third-order valence-corrected chi connectivity index (χ3v) is 4.16. The number of benzene rings is 1. The van der Waals surface area contributed by atoms with Crippen molar-refractivity contribution >= 4 is 0 Å². The van der Waals surface area contributed by atoms with Gasteiger partial charge in [-0.05, 0) is 31.2 Å². The number of halogens is 3. The lowest BCUT2D eigenvalue weighted by Gasteiger charge is -2.36. The Kier molecular flexibility index (Phi) is 4.19. The molecule has 1 fully saturated rings. The van der Waals surface area contributed by atoms with E-state index in [0.717, 1.165) is 17.5 Å². The molecule has 3 atom stereocenters. The first kappa shape index (κ1) is 14.4. The van der Waals surface area contributed by atoms with E-state index in [4.69, 9.17) is 5.73 Å². The van der Waals surface area contributed by atoms with Gasteiger partial charge in [-0.1, -0.05) is 42.7 Å². The molecule has 2 N–H and O–H groups in total. The highest BCUT2D eigenvalue weighted by atomic mass is 19.4. The van der Waals surface area contributed by atoms with Gasteiger partial charge in [-0.15, -0.1) is 0 Å². The molecule has 0 aromatic heterocycles. The monoisotopic (exact) mass is 271 g/mol. The van der Waals surface area contributed by atoms with E-state index in [0.29, 0.717) is 12.8 Å². The predicted octanol–water partition coefficient (Wildman–Crippen LogP) is 4.36. The molecule has 106 valence electrons. The molecule has 0 heterocycles. The number of nitrogens with two attached hydrogens (primary N) is 1. The Balaban J connectivity index is 2.20. The van der Waals surface area contributed by atoms with Gasteiger partial charge >= 0.3 is 6.18 Å². The second-order valence-electron chi connectivity index (χ2n) is 5.53. The smallest absolute Gasteiger partial charge is 0.324 e. The molecule has 1 aliphatic carbocycles. The second kappa shape index (κ2) is 5.53. The molecule has 0 amide bonds. The molecule has 2 rings (SSSR count). The molecule has 0 radical (unpaired) electrons. The molecule has 1 nitrogen and oxygen atoms in total. The van der Waals surface area contributed by atoms with Crippen molar-refractivity contribution in [1.82, 2.24) is 0 Å². The minimum atomic E-state index is -4.13. The summed E-state index contributed by atoms with van der Waals surface area (Å²) in [6.07, 6.45) is -1.85. The number of alkyl halides is 3. The van der Waals surface area contributed by atoms with E-state index < -0.39 is 24.1 Å². The molecule has 3 unspecified atom stereocenters. The third kappa shape index (κ3) is 3.30. The summed E-state index contributed by atoms with van der Waals surface area (Å²) in [5.41, 5.74) is 8.01. The standard InChI is InChI=1S/C15H20F3N/c1-10-6-8-11(9-7-10)14(19)12-4-2-3-5-13(12)15(16,17)18/h6-9,12-14H,2-5,19H2,1H3. The van der Waals surface area contributed by atoms with Crippen LogP contribution in [0.15, 0.2) is 24.3 Å². The minimum absolute atomic E-state index is 0.216. The van der Waals surface area contributed by atoms with E-state index in [2.05, 4.69) is 0 Å². The maximum atomic E-state index is 13.1. The van der Waals surface area contributed by atoms with E-state index in [-0.39, 0.29) is 6.42 Å². The Labute approximate surface area is 112 Å². The molecule has 1 aliphatic rings. The van der Waals surface area contributed by atoms with Crippen molar-refractivity contribution in [2.45, 2.75) is 44.8 Å². The molecule has 4 heteroatoms. The van der Waals surface area contributed by atoms with Gasteiger partial charge in [0.05, 0.1) is 5.92 Å². The van der Waals surface area contributed by atoms with Gasteiger partial charge in [-0.25, -0.2) is 0 Å². The van der Waals surface area contributed by atoms with Crippen molar-refractivity contribution < 1.29 is 13.2 Å². The third-order valence-electron chi connectivity index (χ3n) is 4.16. The Bertz CT molecular complexity index is 410. The largest absolute Gasteiger partial charge is 0.392 e. The number of rotatable bonds is 2. The summed E-state index contributed by atoms with van der Waals surface area (Å²) in [7, 11) is 0. The normalized spacial score (nSPS) is 26.2. The molecule has 0 spiro atoms. The van der Waals surface area contributed by atoms with E-state index in [1.165, 1.54) is 0 Å². The summed E-state index contributed by atoms with van der Waals surface area (Å²) < 4.78 is 39.2. The van der Waals surface area contributed by atoms with Crippen molar-refractivity contribution in [2.75, 3.05) is 0 Å². The lowest BCUT2D eigenvalue weighted by Crippen LogP contribution is -2.38. The molecular formula is C15H20F3N. The Hall–Kier alpha value is -1.03. The molecular weight excluding hydrogens is 251 g/mol. The lowest BCUT2D eigenvalue weighted by molar-refractivity contribution is -0.198. The summed E-state index contributed by atoms with van der Waals surface area (Å²) in [5, 5.41) is 0. The number of hydrogen-bond acceptors (Lipinski definition) is 1. The maximum absolute atomic E-state index is 13.1. The molecule has 1 aromatic rings. The summed E-state index contributed by atoms with van der Waals surface area (Å²) in [4.78, 5) is 0. The number of hydrogen-bond donors (Lipinski definition) is 1. The van der Waals surface area contributed by atoms with Gasteiger partial charge in [-0.3, -0.25) is 0 Å².